The highest BCUT2D eigenvalue weighted by Gasteiger charge is 2.17. The van der Waals surface area contributed by atoms with E-state index in [0.29, 0.717) is 23.0 Å². The van der Waals surface area contributed by atoms with Gasteiger partial charge in [-0.15, -0.1) is 0 Å². The molecule has 2 rings (SSSR count). The molecule has 0 fully saturated rings. The van der Waals surface area contributed by atoms with Crippen LogP contribution in [-0.2, 0) is 0 Å². The molecule has 1 unspecified atom stereocenters. The van der Waals surface area contributed by atoms with Gasteiger partial charge in [0.1, 0.15) is 11.5 Å². The number of aliphatic hydroxyl groups is 1. The summed E-state index contributed by atoms with van der Waals surface area (Å²) in [4.78, 5) is 0. The Hall–Kier alpha value is -2.40. The number of hydrogen-bond acceptors (Lipinski definition) is 5. The Balaban J connectivity index is 2.47. The molecule has 0 saturated heterocycles. The molecule has 0 spiro atoms. The van der Waals surface area contributed by atoms with Gasteiger partial charge in [-0.25, -0.2) is 0 Å². The van der Waals surface area contributed by atoms with E-state index >= 15 is 0 Å². The van der Waals surface area contributed by atoms with Crippen molar-refractivity contribution in [2.45, 2.75) is 5.92 Å². The van der Waals surface area contributed by atoms with Crippen molar-refractivity contribution in [3.63, 3.8) is 0 Å². The van der Waals surface area contributed by atoms with Crippen molar-refractivity contribution in [3.8, 4) is 23.0 Å². The highest BCUT2D eigenvalue weighted by Crippen LogP contribution is 2.35. The summed E-state index contributed by atoms with van der Waals surface area (Å²) < 4.78 is 21.2. The molecule has 0 bridgehead atoms. The fraction of sp³-hybridized carbons (Fsp3) is 0.333. The smallest absolute Gasteiger partial charge is 0.161 e. The zero-order valence-corrected chi connectivity index (χ0v) is 13.8. The standard InChI is InChI=1S/C18H22O5/c1-20-14-7-13(8-15(10-14)21-2)16(11-19)12-5-6-17(22-3)18(9-12)23-4/h5-10,16,19H,11H2,1-4H3. The first-order valence-electron chi connectivity index (χ1n) is 7.22. The maximum atomic E-state index is 9.90. The third kappa shape index (κ3) is 3.68. The summed E-state index contributed by atoms with van der Waals surface area (Å²) in [5.41, 5.74) is 1.82. The van der Waals surface area contributed by atoms with Crippen LogP contribution in [0.1, 0.15) is 17.0 Å². The van der Waals surface area contributed by atoms with Gasteiger partial charge in [-0.2, -0.15) is 0 Å². The predicted octanol–water partition coefficient (Wildman–Crippen LogP) is 2.85. The summed E-state index contributed by atoms with van der Waals surface area (Å²) in [6, 6.07) is 11.2. The van der Waals surface area contributed by atoms with Gasteiger partial charge in [-0.05, 0) is 35.4 Å². The number of hydrogen-bond donors (Lipinski definition) is 1. The second-order valence-electron chi connectivity index (χ2n) is 5.00. The molecule has 124 valence electrons. The van der Waals surface area contributed by atoms with E-state index in [1.54, 1.807) is 34.5 Å². The first kappa shape index (κ1) is 17.0. The molecule has 0 aliphatic rings. The fourth-order valence-corrected chi connectivity index (χ4v) is 2.50. The van der Waals surface area contributed by atoms with Crippen LogP contribution in [0.25, 0.3) is 0 Å². The van der Waals surface area contributed by atoms with Crippen molar-refractivity contribution in [1.82, 2.24) is 0 Å². The van der Waals surface area contributed by atoms with Gasteiger partial charge in [0.2, 0.25) is 0 Å². The highest BCUT2D eigenvalue weighted by molar-refractivity contribution is 5.48. The molecule has 0 radical (unpaired) electrons. The van der Waals surface area contributed by atoms with Crippen molar-refractivity contribution < 1.29 is 24.1 Å². The van der Waals surface area contributed by atoms with Crippen LogP contribution in [0.15, 0.2) is 36.4 Å². The van der Waals surface area contributed by atoms with E-state index in [1.165, 1.54) is 0 Å². The van der Waals surface area contributed by atoms with Gasteiger partial charge in [0, 0.05) is 12.0 Å². The van der Waals surface area contributed by atoms with Gasteiger partial charge in [0.25, 0.3) is 0 Å². The summed E-state index contributed by atoms with van der Waals surface area (Å²) in [5.74, 6) is 2.41. The second kappa shape index (κ2) is 7.74. The third-order valence-corrected chi connectivity index (χ3v) is 3.77. The lowest BCUT2D eigenvalue weighted by Gasteiger charge is -2.19. The van der Waals surface area contributed by atoms with Crippen LogP contribution >= 0.6 is 0 Å². The molecule has 5 heteroatoms. The van der Waals surface area contributed by atoms with Crippen molar-refractivity contribution in [2.75, 3.05) is 35.0 Å². The van der Waals surface area contributed by atoms with Crippen molar-refractivity contribution >= 4 is 0 Å². The summed E-state index contributed by atoms with van der Waals surface area (Å²) >= 11 is 0. The zero-order chi connectivity index (χ0) is 16.8. The maximum absolute atomic E-state index is 9.90. The van der Waals surface area contributed by atoms with E-state index in [4.69, 9.17) is 18.9 Å². The summed E-state index contributed by atoms with van der Waals surface area (Å²) in [6.45, 7) is -0.0498. The molecule has 0 heterocycles. The number of methoxy groups -OCH3 is 4. The minimum absolute atomic E-state index is 0.0498. The van der Waals surface area contributed by atoms with Crippen LogP contribution in [-0.4, -0.2) is 40.2 Å². The molecule has 23 heavy (non-hydrogen) atoms. The molecule has 1 atom stereocenters. The zero-order valence-electron chi connectivity index (χ0n) is 13.8. The van der Waals surface area contributed by atoms with Crippen LogP contribution < -0.4 is 18.9 Å². The van der Waals surface area contributed by atoms with E-state index < -0.39 is 0 Å². The molecule has 0 aromatic heterocycles. The van der Waals surface area contributed by atoms with Gasteiger partial charge in [0.05, 0.1) is 35.0 Å². The minimum atomic E-state index is -0.223. The first-order chi connectivity index (χ1) is 11.2. The molecule has 1 N–H and O–H groups in total. The normalized spacial score (nSPS) is 11.7. The molecule has 2 aromatic rings. The first-order valence-corrected chi connectivity index (χ1v) is 7.22. The van der Waals surface area contributed by atoms with E-state index in [1.807, 2.05) is 30.3 Å². The highest BCUT2D eigenvalue weighted by atomic mass is 16.5. The largest absolute Gasteiger partial charge is 0.497 e. The Labute approximate surface area is 136 Å². The molecule has 0 amide bonds. The van der Waals surface area contributed by atoms with Crippen molar-refractivity contribution in [3.05, 3.63) is 47.5 Å². The van der Waals surface area contributed by atoms with Gasteiger partial charge >= 0.3 is 0 Å². The Morgan fingerprint density at radius 1 is 0.739 bits per heavy atom. The van der Waals surface area contributed by atoms with Crippen LogP contribution in [0.4, 0.5) is 0 Å². The summed E-state index contributed by atoms with van der Waals surface area (Å²) in [7, 11) is 6.38. The van der Waals surface area contributed by atoms with Crippen molar-refractivity contribution in [1.29, 1.82) is 0 Å². The Morgan fingerprint density at radius 3 is 1.83 bits per heavy atom. The average Bonchev–Trinajstić information content (AvgIpc) is 2.61. The van der Waals surface area contributed by atoms with Crippen molar-refractivity contribution in [2.24, 2.45) is 0 Å². The molecule has 2 aromatic carbocycles. The van der Waals surface area contributed by atoms with Gasteiger partial charge in [0.15, 0.2) is 11.5 Å². The van der Waals surface area contributed by atoms with Crippen LogP contribution in [0.2, 0.25) is 0 Å². The van der Waals surface area contributed by atoms with Gasteiger partial charge in [-0.3, -0.25) is 0 Å². The Kier molecular flexibility index (Phi) is 5.71. The number of ether oxygens (including phenoxy) is 4. The molecular weight excluding hydrogens is 296 g/mol. The minimum Gasteiger partial charge on any atom is -0.497 e. The SMILES string of the molecule is COc1cc(OC)cc(C(CO)c2ccc(OC)c(OC)c2)c1. The average molecular weight is 318 g/mol. The predicted molar refractivity (Wildman–Crippen MR) is 88.0 cm³/mol. The third-order valence-electron chi connectivity index (χ3n) is 3.77. The monoisotopic (exact) mass is 318 g/mol. The van der Waals surface area contributed by atoms with Gasteiger partial charge in [-0.1, -0.05) is 6.07 Å². The van der Waals surface area contributed by atoms with E-state index in [2.05, 4.69) is 0 Å². The quantitative estimate of drug-likeness (QED) is 0.851. The molecule has 0 saturated carbocycles. The number of aliphatic hydroxyl groups excluding tert-OH is 1. The lowest BCUT2D eigenvalue weighted by atomic mass is 9.91. The molecule has 5 nitrogen and oxygen atoms in total. The summed E-state index contributed by atoms with van der Waals surface area (Å²) in [6.07, 6.45) is 0. The number of rotatable bonds is 7. The van der Waals surface area contributed by atoms with Gasteiger partial charge < -0.3 is 24.1 Å². The van der Waals surface area contributed by atoms with Crippen LogP contribution in [0, 0.1) is 0 Å². The number of benzene rings is 2. The fourth-order valence-electron chi connectivity index (χ4n) is 2.50. The Morgan fingerprint density at radius 2 is 1.35 bits per heavy atom. The Bertz CT molecular complexity index is 632. The molecule has 0 aliphatic heterocycles. The van der Waals surface area contributed by atoms with Crippen LogP contribution in [0.3, 0.4) is 0 Å². The topological polar surface area (TPSA) is 57.2 Å². The summed E-state index contributed by atoms with van der Waals surface area (Å²) in [5, 5.41) is 9.90. The maximum Gasteiger partial charge on any atom is 0.161 e. The van der Waals surface area contributed by atoms with Crippen LogP contribution in [0.5, 0.6) is 23.0 Å². The lowest BCUT2D eigenvalue weighted by Crippen LogP contribution is -2.07. The lowest BCUT2D eigenvalue weighted by molar-refractivity contribution is 0.279. The van der Waals surface area contributed by atoms with E-state index in [9.17, 15) is 5.11 Å². The van der Waals surface area contributed by atoms with E-state index in [0.717, 1.165) is 11.1 Å². The van der Waals surface area contributed by atoms with E-state index in [-0.39, 0.29) is 12.5 Å². The molecule has 0 aliphatic carbocycles. The molecular formula is C18H22O5. The second-order valence-corrected chi connectivity index (χ2v) is 5.00.